The van der Waals surface area contributed by atoms with Crippen LogP contribution in [0, 0.1) is 6.92 Å². The van der Waals surface area contributed by atoms with Gasteiger partial charge in [0.25, 0.3) is 17.7 Å². The first kappa shape index (κ1) is 25.7. The molecule has 3 amide bonds. The van der Waals surface area contributed by atoms with Crippen molar-refractivity contribution < 1.29 is 23.9 Å². The lowest BCUT2D eigenvalue weighted by atomic mass is 10.1. The highest BCUT2D eigenvalue weighted by Crippen LogP contribution is 2.30. The number of para-hydroxylation sites is 1. The maximum atomic E-state index is 13.0. The molecule has 0 radical (unpaired) electrons. The fraction of sp³-hybridized carbons (Fsp3) is 0.143. The third kappa shape index (κ3) is 5.54. The van der Waals surface area contributed by atoms with Gasteiger partial charge in [-0.1, -0.05) is 54.4 Å². The van der Waals surface area contributed by atoms with Gasteiger partial charge in [-0.05, 0) is 55.8 Å². The summed E-state index contributed by atoms with van der Waals surface area (Å²) in [4.78, 5) is 52.1. The monoisotopic (exact) mass is 517 g/mol. The summed E-state index contributed by atoms with van der Waals surface area (Å²) in [6.07, 6.45) is 0.678. The first-order valence-electron chi connectivity index (χ1n) is 11.6. The summed E-state index contributed by atoms with van der Waals surface area (Å²) in [7, 11) is 0. The van der Waals surface area contributed by atoms with Crippen LogP contribution in [0.5, 0.6) is 0 Å². The zero-order chi connectivity index (χ0) is 26.5. The number of ether oxygens (including phenoxy) is 1. The molecule has 2 N–H and O–H groups in total. The Morgan fingerprint density at radius 3 is 2.41 bits per heavy atom. The van der Waals surface area contributed by atoms with E-state index in [2.05, 4.69) is 10.6 Å². The van der Waals surface area contributed by atoms with Crippen molar-refractivity contribution in [2.75, 3.05) is 22.1 Å². The van der Waals surface area contributed by atoms with E-state index in [0.717, 1.165) is 10.5 Å². The molecule has 0 saturated heterocycles. The first-order chi connectivity index (χ1) is 17.8. The topological polar surface area (TPSA) is 105 Å². The summed E-state index contributed by atoms with van der Waals surface area (Å²) in [5.74, 6) is -2.25. The van der Waals surface area contributed by atoms with E-state index in [4.69, 9.17) is 16.3 Å². The molecular weight excluding hydrogens is 494 g/mol. The molecule has 9 heteroatoms. The standard InChI is InChI=1S/C28H24ClN3O5/c1-3-15-37-28(36)21-9-4-5-10-22(21)31-25(33)18-7-6-8-19(16-18)30-24-23(29)26(34)32(27(24)35)20-13-11-17(2)12-14-20/h4-14,16,30H,3,15H2,1-2H3,(H,31,33). The lowest BCUT2D eigenvalue weighted by Gasteiger charge is -2.15. The lowest BCUT2D eigenvalue weighted by Crippen LogP contribution is -2.32. The predicted molar refractivity (Wildman–Crippen MR) is 142 cm³/mol. The smallest absolute Gasteiger partial charge is 0.340 e. The molecule has 0 atom stereocenters. The predicted octanol–water partition coefficient (Wildman–Crippen LogP) is 5.25. The van der Waals surface area contributed by atoms with Crippen LogP contribution in [0.4, 0.5) is 17.1 Å². The number of hydrogen-bond acceptors (Lipinski definition) is 6. The Morgan fingerprint density at radius 2 is 1.68 bits per heavy atom. The summed E-state index contributed by atoms with van der Waals surface area (Å²) in [6, 6.07) is 19.8. The van der Waals surface area contributed by atoms with Gasteiger partial charge in [0.05, 0.1) is 23.5 Å². The molecule has 1 aliphatic heterocycles. The third-order valence-corrected chi connectivity index (χ3v) is 5.90. The van der Waals surface area contributed by atoms with Crippen LogP contribution in [0.3, 0.4) is 0 Å². The van der Waals surface area contributed by atoms with Gasteiger partial charge in [0.2, 0.25) is 0 Å². The molecule has 0 fully saturated rings. The number of carbonyl (C=O) groups is 4. The van der Waals surface area contributed by atoms with Crippen LogP contribution in [0.1, 0.15) is 39.6 Å². The number of anilines is 3. The van der Waals surface area contributed by atoms with Gasteiger partial charge in [-0.15, -0.1) is 0 Å². The Balaban J connectivity index is 1.52. The van der Waals surface area contributed by atoms with E-state index >= 15 is 0 Å². The van der Waals surface area contributed by atoms with Gasteiger partial charge in [-0.2, -0.15) is 0 Å². The largest absolute Gasteiger partial charge is 0.462 e. The maximum Gasteiger partial charge on any atom is 0.340 e. The molecule has 188 valence electrons. The van der Waals surface area contributed by atoms with Crippen LogP contribution in [-0.4, -0.2) is 30.3 Å². The van der Waals surface area contributed by atoms with Crippen molar-refractivity contribution in [3.63, 3.8) is 0 Å². The lowest BCUT2D eigenvalue weighted by molar-refractivity contribution is -0.120. The number of amides is 3. The van der Waals surface area contributed by atoms with E-state index in [1.165, 1.54) is 6.07 Å². The zero-order valence-electron chi connectivity index (χ0n) is 20.2. The number of benzene rings is 3. The second-order valence-corrected chi connectivity index (χ2v) is 8.69. The van der Waals surface area contributed by atoms with Crippen LogP contribution in [0.2, 0.25) is 0 Å². The molecule has 0 spiro atoms. The average molecular weight is 518 g/mol. The number of rotatable bonds is 8. The van der Waals surface area contributed by atoms with Crippen molar-refractivity contribution in [3.05, 3.63) is 100 Å². The van der Waals surface area contributed by atoms with Gasteiger partial charge in [0.1, 0.15) is 10.7 Å². The normalized spacial score (nSPS) is 13.1. The quantitative estimate of drug-likeness (QED) is 0.312. The van der Waals surface area contributed by atoms with Crippen molar-refractivity contribution >= 4 is 52.4 Å². The average Bonchev–Trinajstić information content (AvgIpc) is 3.11. The Morgan fingerprint density at radius 1 is 0.946 bits per heavy atom. The maximum absolute atomic E-state index is 13.0. The summed E-state index contributed by atoms with van der Waals surface area (Å²) in [5.41, 5.74) is 2.48. The number of imide groups is 1. The number of esters is 1. The van der Waals surface area contributed by atoms with Crippen LogP contribution in [0.25, 0.3) is 0 Å². The molecule has 0 aliphatic carbocycles. The van der Waals surface area contributed by atoms with Crippen LogP contribution >= 0.6 is 11.6 Å². The fourth-order valence-electron chi connectivity index (χ4n) is 3.66. The van der Waals surface area contributed by atoms with Crippen molar-refractivity contribution in [2.45, 2.75) is 20.3 Å². The van der Waals surface area contributed by atoms with Gasteiger partial charge >= 0.3 is 5.97 Å². The highest BCUT2D eigenvalue weighted by atomic mass is 35.5. The van der Waals surface area contributed by atoms with Gasteiger partial charge in [-0.3, -0.25) is 14.4 Å². The Labute approximate surface area is 218 Å². The van der Waals surface area contributed by atoms with Crippen molar-refractivity contribution in [2.24, 2.45) is 0 Å². The van der Waals surface area contributed by atoms with E-state index in [-0.39, 0.29) is 28.5 Å². The second kappa shape index (κ2) is 11.1. The minimum Gasteiger partial charge on any atom is -0.462 e. The first-order valence-corrected chi connectivity index (χ1v) is 12.0. The van der Waals surface area contributed by atoms with Crippen LogP contribution in [-0.2, 0) is 14.3 Å². The van der Waals surface area contributed by atoms with Gasteiger partial charge < -0.3 is 15.4 Å². The van der Waals surface area contributed by atoms with E-state index in [1.54, 1.807) is 66.7 Å². The zero-order valence-corrected chi connectivity index (χ0v) is 21.0. The summed E-state index contributed by atoms with van der Waals surface area (Å²) >= 11 is 6.22. The fourth-order valence-corrected chi connectivity index (χ4v) is 3.87. The SMILES string of the molecule is CCCOC(=O)c1ccccc1NC(=O)c1cccc(NC2=C(Cl)C(=O)N(c3ccc(C)cc3)C2=O)c1. The van der Waals surface area contributed by atoms with E-state index < -0.39 is 23.7 Å². The van der Waals surface area contributed by atoms with E-state index in [0.29, 0.717) is 23.5 Å². The molecule has 0 saturated carbocycles. The number of aryl methyl sites for hydroxylation is 1. The number of nitrogens with zero attached hydrogens (tertiary/aromatic N) is 1. The Bertz CT molecular complexity index is 1420. The summed E-state index contributed by atoms with van der Waals surface area (Å²) in [6.45, 7) is 4.06. The highest BCUT2D eigenvalue weighted by Gasteiger charge is 2.39. The Hall–Kier alpha value is -4.43. The van der Waals surface area contributed by atoms with E-state index in [9.17, 15) is 19.2 Å². The molecule has 4 rings (SSSR count). The number of nitrogens with one attached hydrogen (secondary N) is 2. The molecule has 0 unspecified atom stereocenters. The number of carbonyl (C=O) groups excluding carboxylic acids is 4. The van der Waals surface area contributed by atoms with Gasteiger partial charge in [0.15, 0.2) is 0 Å². The molecule has 1 aliphatic rings. The summed E-state index contributed by atoms with van der Waals surface area (Å²) in [5, 5.41) is 5.35. The molecule has 0 aromatic heterocycles. The Kier molecular flexibility index (Phi) is 7.69. The molecule has 0 bridgehead atoms. The molecule has 8 nitrogen and oxygen atoms in total. The highest BCUT2D eigenvalue weighted by molar-refractivity contribution is 6.53. The van der Waals surface area contributed by atoms with Gasteiger partial charge in [0, 0.05) is 11.3 Å². The van der Waals surface area contributed by atoms with Crippen molar-refractivity contribution in [1.82, 2.24) is 0 Å². The van der Waals surface area contributed by atoms with Crippen molar-refractivity contribution in [1.29, 1.82) is 0 Å². The number of hydrogen-bond donors (Lipinski definition) is 2. The van der Waals surface area contributed by atoms with E-state index in [1.807, 2.05) is 13.8 Å². The molecule has 1 heterocycles. The molecule has 3 aromatic rings. The van der Waals surface area contributed by atoms with Crippen LogP contribution in [0.15, 0.2) is 83.5 Å². The minimum atomic E-state index is -0.640. The summed E-state index contributed by atoms with van der Waals surface area (Å²) < 4.78 is 5.19. The van der Waals surface area contributed by atoms with Gasteiger partial charge in [-0.25, -0.2) is 9.69 Å². The van der Waals surface area contributed by atoms with Crippen LogP contribution < -0.4 is 15.5 Å². The minimum absolute atomic E-state index is 0.0891. The third-order valence-electron chi connectivity index (χ3n) is 5.55. The molecule has 37 heavy (non-hydrogen) atoms. The van der Waals surface area contributed by atoms with Crippen molar-refractivity contribution in [3.8, 4) is 0 Å². The molecular formula is C28H24ClN3O5. The number of halogens is 1. The molecule has 3 aromatic carbocycles. The second-order valence-electron chi connectivity index (χ2n) is 8.31.